The van der Waals surface area contributed by atoms with Crippen molar-refractivity contribution in [3.05, 3.63) is 6.61 Å². The lowest BCUT2D eigenvalue weighted by Gasteiger charge is -2.01. The Morgan fingerprint density at radius 2 is 2.50 bits per heavy atom. The van der Waals surface area contributed by atoms with Gasteiger partial charge in [-0.1, -0.05) is 12.8 Å². The second-order valence-electron chi connectivity index (χ2n) is 1.52. The van der Waals surface area contributed by atoms with Gasteiger partial charge in [-0.2, -0.15) is 0 Å². The van der Waals surface area contributed by atoms with Gasteiger partial charge in [-0.3, -0.25) is 0 Å². The van der Waals surface area contributed by atoms with Crippen molar-refractivity contribution in [2.75, 3.05) is 0 Å². The SMILES string of the molecule is C#CC(C)O[CH]CC. The average Bonchev–Trinajstić information content (AvgIpc) is 1.83. The lowest BCUT2D eigenvalue weighted by molar-refractivity contribution is 0.161. The molecule has 0 bridgehead atoms. The summed E-state index contributed by atoms with van der Waals surface area (Å²) in [7, 11) is 0. The predicted octanol–water partition coefficient (Wildman–Crippen LogP) is 1.60. The van der Waals surface area contributed by atoms with E-state index in [0.717, 1.165) is 6.42 Å². The van der Waals surface area contributed by atoms with Crippen LogP contribution in [-0.2, 0) is 4.74 Å². The van der Waals surface area contributed by atoms with Crippen LogP contribution in [0.2, 0.25) is 0 Å². The molecular weight excluding hydrogens is 100 g/mol. The summed E-state index contributed by atoms with van der Waals surface area (Å²) >= 11 is 0. The van der Waals surface area contributed by atoms with Crippen molar-refractivity contribution in [1.29, 1.82) is 0 Å². The molecule has 1 unspecified atom stereocenters. The Balaban J connectivity index is 3.02. The first-order chi connectivity index (χ1) is 3.81. The number of ether oxygens (including phenoxy) is 1. The molecule has 0 spiro atoms. The van der Waals surface area contributed by atoms with E-state index in [-0.39, 0.29) is 6.10 Å². The molecule has 1 heteroatoms. The van der Waals surface area contributed by atoms with Gasteiger partial charge in [-0.25, -0.2) is 0 Å². The van der Waals surface area contributed by atoms with E-state index in [9.17, 15) is 0 Å². The third kappa shape index (κ3) is 3.70. The van der Waals surface area contributed by atoms with Gasteiger partial charge < -0.3 is 4.74 Å². The third-order valence-corrected chi connectivity index (χ3v) is 0.702. The van der Waals surface area contributed by atoms with E-state index in [1.165, 1.54) is 0 Å². The molecule has 8 heavy (non-hydrogen) atoms. The minimum absolute atomic E-state index is 0.0741. The van der Waals surface area contributed by atoms with Crippen molar-refractivity contribution in [2.24, 2.45) is 0 Å². The smallest absolute Gasteiger partial charge is 0.115 e. The fraction of sp³-hybridized carbons (Fsp3) is 0.571. The van der Waals surface area contributed by atoms with Crippen molar-refractivity contribution in [3.8, 4) is 12.3 Å². The molecule has 0 aromatic carbocycles. The van der Waals surface area contributed by atoms with Gasteiger partial charge in [-0.05, 0) is 13.3 Å². The molecule has 0 saturated carbocycles. The lowest BCUT2D eigenvalue weighted by Crippen LogP contribution is -2.00. The highest BCUT2D eigenvalue weighted by molar-refractivity contribution is 4.91. The minimum Gasteiger partial charge on any atom is -0.360 e. The van der Waals surface area contributed by atoms with Crippen molar-refractivity contribution in [3.63, 3.8) is 0 Å². The number of rotatable bonds is 3. The fourth-order valence-corrected chi connectivity index (χ4v) is 0.280. The van der Waals surface area contributed by atoms with Crippen LogP contribution in [0.3, 0.4) is 0 Å². The number of hydrogen-bond acceptors (Lipinski definition) is 1. The summed E-state index contributed by atoms with van der Waals surface area (Å²) in [5.74, 6) is 2.45. The summed E-state index contributed by atoms with van der Waals surface area (Å²) in [6, 6.07) is 0. The van der Waals surface area contributed by atoms with Gasteiger partial charge in [0, 0.05) is 0 Å². The molecule has 1 radical (unpaired) electrons. The van der Waals surface area contributed by atoms with Crippen molar-refractivity contribution < 1.29 is 4.74 Å². The van der Waals surface area contributed by atoms with E-state index in [2.05, 4.69) is 5.92 Å². The van der Waals surface area contributed by atoms with Gasteiger partial charge in [0.25, 0.3) is 0 Å². The highest BCUT2D eigenvalue weighted by atomic mass is 16.5. The molecule has 0 aliphatic carbocycles. The highest BCUT2D eigenvalue weighted by Gasteiger charge is 1.91. The molecular formula is C7H11O. The largest absolute Gasteiger partial charge is 0.360 e. The molecule has 0 amide bonds. The molecule has 45 valence electrons. The molecule has 1 atom stereocenters. The summed E-state index contributed by atoms with van der Waals surface area (Å²) in [4.78, 5) is 0. The summed E-state index contributed by atoms with van der Waals surface area (Å²) in [5, 5.41) is 0. The van der Waals surface area contributed by atoms with Gasteiger partial charge in [0.1, 0.15) is 6.10 Å². The van der Waals surface area contributed by atoms with Crippen molar-refractivity contribution in [1.82, 2.24) is 0 Å². The van der Waals surface area contributed by atoms with Crippen molar-refractivity contribution in [2.45, 2.75) is 26.4 Å². The molecule has 0 fully saturated rings. The Hall–Kier alpha value is -0.480. The lowest BCUT2D eigenvalue weighted by atomic mass is 10.4. The van der Waals surface area contributed by atoms with Gasteiger partial charge in [0.2, 0.25) is 0 Å². The fourth-order valence-electron chi connectivity index (χ4n) is 0.280. The molecule has 0 aromatic rings. The maximum Gasteiger partial charge on any atom is 0.115 e. The molecule has 1 nitrogen and oxygen atoms in total. The van der Waals surface area contributed by atoms with Crippen LogP contribution in [-0.4, -0.2) is 6.10 Å². The van der Waals surface area contributed by atoms with E-state index < -0.39 is 0 Å². The Morgan fingerprint density at radius 3 is 2.88 bits per heavy atom. The van der Waals surface area contributed by atoms with Gasteiger partial charge in [0.15, 0.2) is 0 Å². The third-order valence-electron chi connectivity index (χ3n) is 0.702. The Bertz CT molecular complexity index is 80.9. The monoisotopic (exact) mass is 111 g/mol. The molecule has 0 saturated heterocycles. The van der Waals surface area contributed by atoms with E-state index in [0.29, 0.717) is 0 Å². The van der Waals surface area contributed by atoms with Crippen LogP contribution in [0.15, 0.2) is 0 Å². The topological polar surface area (TPSA) is 9.23 Å². The van der Waals surface area contributed by atoms with E-state index in [4.69, 9.17) is 11.2 Å². The molecule has 0 aliphatic rings. The summed E-state index contributed by atoms with van der Waals surface area (Å²) in [5.41, 5.74) is 0. The van der Waals surface area contributed by atoms with E-state index in [1.807, 2.05) is 13.8 Å². The van der Waals surface area contributed by atoms with Crippen LogP contribution in [0, 0.1) is 19.0 Å². The van der Waals surface area contributed by atoms with Crippen molar-refractivity contribution >= 4 is 0 Å². The molecule has 0 aromatic heterocycles. The molecule has 0 heterocycles. The first kappa shape index (κ1) is 7.52. The zero-order valence-corrected chi connectivity index (χ0v) is 5.35. The van der Waals surface area contributed by atoms with Gasteiger partial charge in [0.05, 0.1) is 6.61 Å². The minimum atomic E-state index is -0.0741. The van der Waals surface area contributed by atoms with E-state index in [1.54, 1.807) is 6.61 Å². The molecule has 0 N–H and O–H groups in total. The standard InChI is InChI=1S/C7H11O/c1-4-6-8-7(3)5-2/h2,6-7H,4H2,1,3H3. The number of terminal acetylenes is 1. The normalized spacial score (nSPS) is 12.6. The van der Waals surface area contributed by atoms with E-state index >= 15 is 0 Å². The summed E-state index contributed by atoms with van der Waals surface area (Å²) in [6.07, 6.45) is 5.85. The number of hydrogen-bond donors (Lipinski definition) is 0. The average molecular weight is 111 g/mol. The first-order valence-electron chi connectivity index (χ1n) is 2.74. The van der Waals surface area contributed by atoms with Crippen LogP contribution < -0.4 is 0 Å². The maximum atomic E-state index is 5.02. The van der Waals surface area contributed by atoms with Crippen LogP contribution in [0.5, 0.6) is 0 Å². The molecule has 0 aliphatic heterocycles. The van der Waals surface area contributed by atoms with Crippen LogP contribution in [0.25, 0.3) is 0 Å². The summed E-state index contributed by atoms with van der Waals surface area (Å²) < 4.78 is 4.98. The quantitative estimate of drug-likeness (QED) is 0.502. The zero-order chi connectivity index (χ0) is 6.41. The first-order valence-corrected chi connectivity index (χ1v) is 2.74. The maximum absolute atomic E-state index is 5.02. The molecule has 0 rings (SSSR count). The summed E-state index contributed by atoms with van der Waals surface area (Å²) in [6.45, 7) is 5.56. The van der Waals surface area contributed by atoms with Crippen LogP contribution >= 0.6 is 0 Å². The second-order valence-corrected chi connectivity index (χ2v) is 1.52. The predicted molar refractivity (Wildman–Crippen MR) is 34.0 cm³/mol. The highest BCUT2D eigenvalue weighted by Crippen LogP contribution is 1.93. The van der Waals surface area contributed by atoms with Crippen LogP contribution in [0.1, 0.15) is 20.3 Å². The van der Waals surface area contributed by atoms with Gasteiger partial charge in [-0.15, -0.1) is 6.42 Å². The Labute approximate surface area is 51.0 Å². The Morgan fingerprint density at radius 1 is 1.88 bits per heavy atom. The van der Waals surface area contributed by atoms with Crippen LogP contribution in [0.4, 0.5) is 0 Å². The zero-order valence-electron chi connectivity index (χ0n) is 5.35. The Kier molecular flexibility index (Phi) is 4.39. The van der Waals surface area contributed by atoms with Gasteiger partial charge >= 0.3 is 0 Å². The second kappa shape index (κ2) is 4.67.